The predicted octanol–water partition coefficient (Wildman–Crippen LogP) is 1.45. The fourth-order valence-corrected chi connectivity index (χ4v) is 1.70. The molecule has 0 aromatic heterocycles. The van der Waals surface area contributed by atoms with Crippen LogP contribution in [0.15, 0.2) is 29.3 Å². The number of benzene rings is 1. The van der Waals surface area contributed by atoms with Crippen molar-refractivity contribution in [3.05, 3.63) is 34.9 Å². The van der Waals surface area contributed by atoms with E-state index in [1.54, 1.807) is 12.1 Å². The smallest absolute Gasteiger partial charge is 0.331 e. The average Bonchev–Trinajstić information content (AvgIpc) is 2.90. The molecule has 1 aromatic rings. The van der Waals surface area contributed by atoms with E-state index in [1.807, 2.05) is 6.07 Å². The quantitative estimate of drug-likeness (QED) is 0.814. The molecular formula is C14H15NO5. The SMILES string of the molecule is C/C(C(=O)O)=C(\C)C(=O)NCc1ccc2c(c1)OCO2. The molecule has 2 rings (SSSR count). The van der Waals surface area contributed by atoms with Crippen LogP contribution in [-0.4, -0.2) is 23.8 Å². The molecule has 106 valence electrons. The van der Waals surface area contributed by atoms with Crippen molar-refractivity contribution >= 4 is 11.9 Å². The molecule has 1 aromatic carbocycles. The first-order valence-corrected chi connectivity index (χ1v) is 6.06. The van der Waals surface area contributed by atoms with Gasteiger partial charge < -0.3 is 19.9 Å². The third kappa shape index (κ3) is 2.90. The Hall–Kier alpha value is -2.50. The lowest BCUT2D eigenvalue weighted by Crippen LogP contribution is -2.25. The van der Waals surface area contributed by atoms with E-state index in [-0.39, 0.29) is 17.9 Å². The number of aliphatic carboxylic acids is 1. The summed E-state index contributed by atoms with van der Waals surface area (Å²) in [5, 5.41) is 11.5. The highest BCUT2D eigenvalue weighted by Crippen LogP contribution is 2.32. The summed E-state index contributed by atoms with van der Waals surface area (Å²) < 4.78 is 10.4. The summed E-state index contributed by atoms with van der Waals surface area (Å²) in [5.74, 6) is -0.174. The van der Waals surface area contributed by atoms with Crippen LogP contribution < -0.4 is 14.8 Å². The van der Waals surface area contributed by atoms with Gasteiger partial charge in [-0.1, -0.05) is 6.07 Å². The minimum atomic E-state index is -1.10. The summed E-state index contributed by atoms with van der Waals surface area (Å²) >= 11 is 0. The molecule has 0 spiro atoms. The number of ether oxygens (including phenoxy) is 2. The Morgan fingerprint density at radius 2 is 1.90 bits per heavy atom. The number of carboxylic acid groups (broad SMARTS) is 1. The summed E-state index contributed by atoms with van der Waals surface area (Å²) in [4.78, 5) is 22.6. The van der Waals surface area contributed by atoms with Gasteiger partial charge in [-0.2, -0.15) is 0 Å². The van der Waals surface area contributed by atoms with Crippen LogP contribution in [0.3, 0.4) is 0 Å². The Morgan fingerprint density at radius 3 is 2.60 bits per heavy atom. The van der Waals surface area contributed by atoms with Crippen molar-refractivity contribution < 1.29 is 24.2 Å². The third-order valence-corrected chi connectivity index (χ3v) is 3.11. The molecule has 1 amide bonds. The zero-order valence-corrected chi connectivity index (χ0v) is 11.2. The highest BCUT2D eigenvalue weighted by Gasteiger charge is 2.15. The molecule has 6 heteroatoms. The van der Waals surface area contributed by atoms with Crippen molar-refractivity contribution in [2.24, 2.45) is 0 Å². The van der Waals surface area contributed by atoms with E-state index in [2.05, 4.69) is 5.32 Å². The van der Waals surface area contributed by atoms with Crippen LogP contribution in [0.25, 0.3) is 0 Å². The van der Waals surface area contributed by atoms with Gasteiger partial charge in [0, 0.05) is 17.7 Å². The topological polar surface area (TPSA) is 84.9 Å². The van der Waals surface area contributed by atoms with Crippen molar-refractivity contribution in [3.8, 4) is 11.5 Å². The van der Waals surface area contributed by atoms with Gasteiger partial charge in [-0.05, 0) is 31.5 Å². The number of hydrogen-bond acceptors (Lipinski definition) is 4. The number of amides is 1. The van der Waals surface area contributed by atoms with Crippen LogP contribution in [0, 0.1) is 0 Å². The Balaban J connectivity index is 2.00. The maximum absolute atomic E-state index is 11.8. The molecular weight excluding hydrogens is 262 g/mol. The second kappa shape index (κ2) is 5.64. The minimum Gasteiger partial charge on any atom is -0.478 e. The average molecular weight is 277 g/mol. The Kier molecular flexibility index (Phi) is 3.93. The largest absolute Gasteiger partial charge is 0.478 e. The fraction of sp³-hybridized carbons (Fsp3) is 0.286. The predicted molar refractivity (Wildman–Crippen MR) is 70.4 cm³/mol. The lowest BCUT2D eigenvalue weighted by Gasteiger charge is -2.07. The molecule has 0 saturated carbocycles. The van der Waals surface area contributed by atoms with Gasteiger partial charge in [-0.25, -0.2) is 4.79 Å². The van der Waals surface area contributed by atoms with E-state index in [9.17, 15) is 9.59 Å². The van der Waals surface area contributed by atoms with Crippen LogP contribution in [0.4, 0.5) is 0 Å². The second-order valence-corrected chi connectivity index (χ2v) is 4.43. The maximum Gasteiger partial charge on any atom is 0.331 e. The van der Waals surface area contributed by atoms with E-state index in [0.717, 1.165) is 5.56 Å². The number of hydrogen-bond donors (Lipinski definition) is 2. The van der Waals surface area contributed by atoms with E-state index in [4.69, 9.17) is 14.6 Å². The van der Waals surface area contributed by atoms with Crippen LogP contribution in [-0.2, 0) is 16.1 Å². The number of nitrogens with one attached hydrogen (secondary N) is 1. The molecule has 1 aliphatic heterocycles. The highest BCUT2D eigenvalue weighted by molar-refractivity contribution is 6.01. The first-order valence-electron chi connectivity index (χ1n) is 6.06. The van der Waals surface area contributed by atoms with Crippen molar-refractivity contribution in [1.82, 2.24) is 5.32 Å². The first-order chi connectivity index (χ1) is 9.49. The lowest BCUT2D eigenvalue weighted by atomic mass is 10.1. The maximum atomic E-state index is 11.8. The van der Waals surface area contributed by atoms with E-state index in [1.165, 1.54) is 13.8 Å². The molecule has 0 fully saturated rings. The van der Waals surface area contributed by atoms with Gasteiger partial charge in [0.15, 0.2) is 11.5 Å². The van der Waals surface area contributed by atoms with Gasteiger partial charge in [-0.3, -0.25) is 4.79 Å². The van der Waals surface area contributed by atoms with Gasteiger partial charge in [0.2, 0.25) is 12.7 Å². The molecule has 0 bridgehead atoms. The van der Waals surface area contributed by atoms with Gasteiger partial charge in [-0.15, -0.1) is 0 Å². The molecule has 2 N–H and O–H groups in total. The number of carbonyl (C=O) groups is 2. The van der Waals surface area contributed by atoms with Crippen molar-refractivity contribution in [2.45, 2.75) is 20.4 Å². The third-order valence-electron chi connectivity index (χ3n) is 3.11. The van der Waals surface area contributed by atoms with Crippen molar-refractivity contribution in [3.63, 3.8) is 0 Å². The zero-order valence-electron chi connectivity index (χ0n) is 11.2. The summed E-state index contributed by atoms with van der Waals surface area (Å²) in [7, 11) is 0. The Bertz CT molecular complexity index is 591. The number of carbonyl (C=O) groups excluding carboxylic acids is 1. The van der Waals surface area contributed by atoms with Gasteiger partial charge in [0.1, 0.15) is 0 Å². The Labute approximate surface area is 116 Å². The lowest BCUT2D eigenvalue weighted by molar-refractivity contribution is -0.133. The summed E-state index contributed by atoms with van der Waals surface area (Å²) in [5.41, 5.74) is 1.08. The summed E-state index contributed by atoms with van der Waals surface area (Å²) in [6.07, 6.45) is 0. The van der Waals surface area contributed by atoms with Gasteiger partial charge in [0.05, 0.1) is 0 Å². The van der Waals surface area contributed by atoms with Crippen LogP contribution in [0.2, 0.25) is 0 Å². The Morgan fingerprint density at radius 1 is 1.20 bits per heavy atom. The number of carboxylic acids is 1. The molecule has 0 unspecified atom stereocenters. The van der Waals surface area contributed by atoms with Crippen LogP contribution in [0.5, 0.6) is 11.5 Å². The molecule has 1 heterocycles. The summed E-state index contributed by atoms with van der Waals surface area (Å²) in [6.45, 7) is 3.38. The van der Waals surface area contributed by atoms with Gasteiger partial charge in [0.25, 0.3) is 0 Å². The fourth-order valence-electron chi connectivity index (χ4n) is 1.70. The molecule has 20 heavy (non-hydrogen) atoms. The van der Waals surface area contributed by atoms with Gasteiger partial charge >= 0.3 is 5.97 Å². The van der Waals surface area contributed by atoms with Crippen LogP contribution >= 0.6 is 0 Å². The van der Waals surface area contributed by atoms with E-state index < -0.39 is 11.9 Å². The normalized spacial score (nSPS) is 13.7. The number of fused-ring (bicyclic) bond motifs is 1. The highest BCUT2D eigenvalue weighted by atomic mass is 16.7. The van der Waals surface area contributed by atoms with Crippen LogP contribution in [0.1, 0.15) is 19.4 Å². The molecule has 0 aliphatic carbocycles. The molecule has 0 radical (unpaired) electrons. The monoisotopic (exact) mass is 277 g/mol. The minimum absolute atomic E-state index is 0.0354. The first kappa shape index (κ1) is 13.9. The number of rotatable bonds is 4. The standard InChI is InChI=1S/C14H15NO5/c1-8(9(2)14(17)18)13(16)15-6-10-3-4-11-12(5-10)20-7-19-11/h3-5H,6-7H2,1-2H3,(H,15,16)(H,17,18)/b9-8-. The molecule has 0 saturated heterocycles. The van der Waals surface area contributed by atoms with Crippen molar-refractivity contribution in [2.75, 3.05) is 6.79 Å². The molecule has 0 atom stereocenters. The zero-order chi connectivity index (χ0) is 14.7. The second-order valence-electron chi connectivity index (χ2n) is 4.43. The van der Waals surface area contributed by atoms with Crippen molar-refractivity contribution in [1.29, 1.82) is 0 Å². The van der Waals surface area contributed by atoms with E-state index in [0.29, 0.717) is 18.0 Å². The summed E-state index contributed by atoms with van der Waals surface area (Å²) in [6, 6.07) is 5.37. The molecule has 6 nitrogen and oxygen atoms in total. The van der Waals surface area contributed by atoms with E-state index >= 15 is 0 Å². The molecule has 1 aliphatic rings.